The Labute approximate surface area is 175 Å². The third-order valence-corrected chi connectivity index (χ3v) is 7.40. The zero-order chi connectivity index (χ0) is 20.3. The molecule has 1 aliphatic heterocycles. The summed E-state index contributed by atoms with van der Waals surface area (Å²) in [7, 11) is -3.42. The topological polar surface area (TPSA) is 66.5 Å². The molecule has 3 rings (SSSR count). The fourth-order valence-electron chi connectivity index (χ4n) is 3.28. The highest BCUT2D eigenvalue weighted by Gasteiger charge is 2.31. The molecule has 1 saturated heterocycles. The summed E-state index contributed by atoms with van der Waals surface area (Å²) in [6.45, 7) is 2.56. The molecule has 0 unspecified atom stereocenters. The largest absolute Gasteiger partial charge is 0.324 e. The van der Waals surface area contributed by atoms with Gasteiger partial charge < -0.3 is 5.32 Å². The van der Waals surface area contributed by atoms with Gasteiger partial charge in [-0.25, -0.2) is 12.7 Å². The number of nitrogens with one attached hydrogen (secondary N) is 1. The van der Waals surface area contributed by atoms with Gasteiger partial charge in [-0.3, -0.25) is 4.79 Å². The number of piperidine rings is 1. The second-order valence-electron chi connectivity index (χ2n) is 6.97. The van der Waals surface area contributed by atoms with E-state index < -0.39 is 10.0 Å². The average Bonchev–Trinajstić information content (AvgIpc) is 2.66. The Kier molecular flexibility index (Phi) is 6.65. The summed E-state index contributed by atoms with van der Waals surface area (Å²) in [5.41, 5.74) is 2.23. The summed E-state index contributed by atoms with van der Waals surface area (Å²) in [5.74, 6) is -0.450. The van der Waals surface area contributed by atoms with Crippen molar-refractivity contribution in [3.8, 4) is 0 Å². The number of amides is 1. The minimum absolute atomic E-state index is 0.0192. The molecule has 0 bridgehead atoms. The van der Waals surface area contributed by atoms with Crippen molar-refractivity contribution in [3.63, 3.8) is 0 Å². The van der Waals surface area contributed by atoms with Gasteiger partial charge in [-0.1, -0.05) is 47.5 Å². The number of benzene rings is 2. The number of nitrogens with zero attached hydrogens (tertiary/aromatic N) is 1. The van der Waals surface area contributed by atoms with Crippen LogP contribution in [0.15, 0.2) is 42.5 Å². The lowest BCUT2D eigenvalue weighted by atomic mass is 9.97. The van der Waals surface area contributed by atoms with E-state index in [0.29, 0.717) is 41.7 Å². The normalized spacial score (nSPS) is 16.1. The van der Waals surface area contributed by atoms with Gasteiger partial charge in [0.05, 0.1) is 16.5 Å². The Morgan fingerprint density at radius 2 is 1.82 bits per heavy atom. The van der Waals surface area contributed by atoms with E-state index in [9.17, 15) is 13.2 Å². The van der Waals surface area contributed by atoms with Crippen LogP contribution in [0.5, 0.6) is 0 Å². The number of rotatable bonds is 5. The standard InChI is InChI=1S/C20H22Cl2N2O3S/c1-14-4-2-3-5-16(14)13-28(26,27)24-10-8-15(9-11-24)20(25)23-19-12-17(21)6-7-18(19)22/h2-7,12,15H,8-11,13H2,1H3,(H,23,25). The Morgan fingerprint density at radius 3 is 2.50 bits per heavy atom. The van der Waals surface area contributed by atoms with Crippen LogP contribution in [0.25, 0.3) is 0 Å². The summed E-state index contributed by atoms with van der Waals surface area (Å²) in [6, 6.07) is 12.3. The Bertz CT molecular complexity index is 971. The van der Waals surface area contributed by atoms with Crippen LogP contribution in [-0.4, -0.2) is 31.7 Å². The van der Waals surface area contributed by atoms with Crippen molar-refractivity contribution < 1.29 is 13.2 Å². The number of anilines is 1. The molecular weight excluding hydrogens is 419 g/mol. The number of hydrogen-bond acceptors (Lipinski definition) is 3. The number of halogens is 2. The van der Waals surface area contributed by atoms with E-state index in [2.05, 4.69) is 5.32 Å². The molecule has 0 aromatic heterocycles. The van der Waals surface area contributed by atoms with E-state index in [1.807, 2.05) is 31.2 Å². The van der Waals surface area contributed by atoms with Crippen molar-refractivity contribution in [1.29, 1.82) is 0 Å². The highest BCUT2D eigenvalue weighted by Crippen LogP contribution is 2.28. The van der Waals surface area contributed by atoms with Crippen LogP contribution in [0.4, 0.5) is 5.69 Å². The first-order chi connectivity index (χ1) is 13.3. The summed E-state index contributed by atoms with van der Waals surface area (Å²) < 4.78 is 27.0. The van der Waals surface area contributed by atoms with Crippen LogP contribution in [0.1, 0.15) is 24.0 Å². The molecule has 1 fully saturated rings. The summed E-state index contributed by atoms with van der Waals surface area (Å²) in [4.78, 5) is 12.5. The van der Waals surface area contributed by atoms with Crippen molar-refractivity contribution in [2.45, 2.75) is 25.5 Å². The maximum atomic E-state index is 12.8. The number of aryl methyl sites for hydroxylation is 1. The first-order valence-electron chi connectivity index (χ1n) is 9.04. The number of hydrogen-bond donors (Lipinski definition) is 1. The Morgan fingerprint density at radius 1 is 1.14 bits per heavy atom. The molecule has 2 aromatic rings. The lowest BCUT2D eigenvalue weighted by Gasteiger charge is -2.30. The third-order valence-electron chi connectivity index (χ3n) is 5.00. The molecule has 1 amide bonds. The van der Waals surface area contributed by atoms with Gasteiger partial charge in [-0.15, -0.1) is 0 Å². The number of carbonyl (C=O) groups excluding carboxylic acids is 1. The van der Waals surface area contributed by atoms with Crippen LogP contribution in [-0.2, 0) is 20.6 Å². The zero-order valence-corrected chi connectivity index (χ0v) is 17.8. The predicted molar refractivity (Wildman–Crippen MR) is 113 cm³/mol. The number of carbonyl (C=O) groups is 1. The molecule has 28 heavy (non-hydrogen) atoms. The number of sulfonamides is 1. The molecular formula is C20H22Cl2N2O3S. The molecule has 1 heterocycles. The third kappa shape index (κ3) is 5.06. The first kappa shape index (κ1) is 21.1. The van der Waals surface area contributed by atoms with Crippen LogP contribution in [0.3, 0.4) is 0 Å². The van der Waals surface area contributed by atoms with E-state index in [0.717, 1.165) is 11.1 Å². The maximum absolute atomic E-state index is 12.8. The smallest absolute Gasteiger partial charge is 0.227 e. The summed E-state index contributed by atoms with van der Waals surface area (Å²) in [5, 5.41) is 3.69. The van der Waals surface area contributed by atoms with E-state index in [4.69, 9.17) is 23.2 Å². The molecule has 0 saturated carbocycles. The van der Waals surface area contributed by atoms with Crippen molar-refractivity contribution in [1.82, 2.24) is 4.31 Å². The van der Waals surface area contributed by atoms with Crippen molar-refractivity contribution in [2.24, 2.45) is 5.92 Å². The van der Waals surface area contributed by atoms with Crippen LogP contribution in [0.2, 0.25) is 10.0 Å². The molecule has 0 atom stereocenters. The monoisotopic (exact) mass is 440 g/mol. The minimum Gasteiger partial charge on any atom is -0.324 e. The van der Waals surface area contributed by atoms with Gasteiger partial charge in [0.25, 0.3) is 0 Å². The second-order valence-corrected chi connectivity index (χ2v) is 9.78. The highest BCUT2D eigenvalue weighted by atomic mass is 35.5. The van der Waals surface area contributed by atoms with Gasteiger partial charge in [0, 0.05) is 24.0 Å². The molecule has 0 spiro atoms. The first-order valence-corrected chi connectivity index (χ1v) is 11.4. The average molecular weight is 441 g/mol. The highest BCUT2D eigenvalue weighted by molar-refractivity contribution is 7.88. The molecule has 5 nitrogen and oxygen atoms in total. The van der Waals surface area contributed by atoms with Crippen molar-refractivity contribution in [3.05, 3.63) is 63.6 Å². The molecule has 0 radical (unpaired) electrons. The lowest BCUT2D eigenvalue weighted by molar-refractivity contribution is -0.120. The fraction of sp³-hybridized carbons (Fsp3) is 0.350. The Hall–Kier alpha value is -1.60. The van der Waals surface area contributed by atoms with E-state index in [-0.39, 0.29) is 17.6 Å². The van der Waals surface area contributed by atoms with Crippen LogP contribution in [0, 0.1) is 12.8 Å². The lowest BCUT2D eigenvalue weighted by Crippen LogP contribution is -2.42. The molecule has 0 aliphatic carbocycles. The van der Waals surface area contributed by atoms with Gasteiger partial charge in [-0.2, -0.15) is 0 Å². The van der Waals surface area contributed by atoms with E-state index >= 15 is 0 Å². The van der Waals surface area contributed by atoms with Gasteiger partial charge in [-0.05, 0) is 49.1 Å². The Balaban J connectivity index is 1.60. The molecule has 1 aliphatic rings. The van der Waals surface area contributed by atoms with Gasteiger partial charge in [0.2, 0.25) is 15.9 Å². The minimum atomic E-state index is -3.42. The predicted octanol–water partition coefficient (Wildman–Crippen LogP) is 4.48. The van der Waals surface area contributed by atoms with Crippen LogP contribution >= 0.6 is 23.2 Å². The SMILES string of the molecule is Cc1ccccc1CS(=O)(=O)N1CCC(C(=O)Nc2cc(Cl)ccc2Cl)CC1. The van der Waals surface area contributed by atoms with Gasteiger partial charge in [0.15, 0.2) is 0 Å². The maximum Gasteiger partial charge on any atom is 0.227 e. The molecule has 150 valence electrons. The quantitative estimate of drug-likeness (QED) is 0.744. The fourth-order valence-corrected chi connectivity index (χ4v) is 5.29. The van der Waals surface area contributed by atoms with Gasteiger partial charge >= 0.3 is 0 Å². The second kappa shape index (κ2) is 8.82. The molecule has 1 N–H and O–H groups in total. The molecule has 8 heteroatoms. The summed E-state index contributed by atoms with van der Waals surface area (Å²) in [6.07, 6.45) is 0.939. The van der Waals surface area contributed by atoms with Crippen LogP contribution < -0.4 is 5.32 Å². The van der Waals surface area contributed by atoms with Crippen molar-refractivity contribution in [2.75, 3.05) is 18.4 Å². The summed E-state index contributed by atoms with van der Waals surface area (Å²) >= 11 is 12.0. The van der Waals surface area contributed by atoms with E-state index in [1.165, 1.54) is 4.31 Å². The zero-order valence-electron chi connectivity index (χ0n) is 15.5. The van der Waals surface area contributed by atoms with E-state index in [1.54, 1.807) is 18.2 Å². The molecule has 2 aromatic carbocycles. The van der Waals surface area contributed by atoms with Gasteiger partial charge in [0.1, 0.15) is 0 Å². The van der Waals surface area contributed by atoms with Crippen molar-refractivity contribution >= 4 is 44.8 Å².